The molecule has 0 fully saturated rings. The SMILES string of the molecule is CC(C)(N)C(O)(c1ccccc1)C(F)(F)F. The highest BCUT2D eigenvalue weighted by atomic mass is 19.4. The van der Waals surface area contributed by atoms with Crippen LogP contribution in [0, 0.1) is 0 Å². The number of alkyl halides is 3. The predicted octanol–water partition coefficient (Wildman–Crippen LogP) is 2.17. The summed E-state index contributed by atoms with van der Waals surface area (Å²) in [5.41, 5.74) is 0.326. The van der Waals surface area contributed by atoms with Crippen molar-refractivity contribution in [2.24, 2.45) is 5.73 Å². The number of nitrogens with two attached hydrogens (primary N) is 1. The lowest BCUT2D eigenvalue weighted by Gasteiger charge is -2.41. The van der Waals surface area contributed by atoms with Gasteiger partial charge in [0.15, 0.2) is 0 Å². The Kier molecular flexibility index (Phi) is 3.04. The number of halogens is 3. The summed E-state index contributed by atoms with van der Waals surface area (Å²) in [6.07, 6.45) is -4.83. The fourth-order valence-corrected chi connectivity index (χ4v) is 1.58. The Balaban J connectivity index is 3.39. The Morgan fingerprint density at radius 1 is 1.06 bits per heavy atom. The Morgan fingerprint density at radius 3 is 1.81 bits per heavy atom. The Hall–Kier alpha value is -1.07. The van der Waals surface area contributed by atoms with E-state index in [0.717, 1.165) is 13.8 Å². The molecule has 16 heavy (non-hydrogen) atoms. The summed E-state index contributed by atoms with van der Waals surface area (Å²) in [6, 6.07) is 6.85. The van der Waals surface area contributed by atoms with E-state index in [1.165, 1.54) is 24.3 Å². The maximum Gasteiger partial charge on any atom is 0.423 e. The Morgan fingerprint density at radius 2 is 1.50 bits per heavy atom. The van der Waals surface area contributed by atoms with Gasteiger partial charge in [0.05, 0.1) is 5.54 Å². The zero-order chi connectivity index (χ0) is 12.6. The average molecular weight is 233 g/mol. The van der Waals surface area contributed by atoms with Gasteiger partial charge in [-0.2, -0.15) is 13.2 Å². The molecule has 0 saturated carbocycles. The molecule has 0 aromatic heterocycles. The summed E-state index contributed by atoms with van der Waals surface area (Å²) in [5, 5.41) is 9.91. The molecule has 1 unspecified atom stereocenters. The summed E-state index contributed by atoms with van der Waals surface area (Å²) in [6.45, 7) is 2.29. The fourth-order valence-electron chi connectivity index (χ4n) is 1.58. The van der Waals surface area contributed by atoms with E-state index in [-0.39, 0.29) is 5.56 Å². The minimum Gasteiger partial charge on any atom is -0.375 e. The van der Waals surface area contributed by atoms with E-state index < -0.39 is 17.3 Å². The van der Waals surface area contributed by atoms with Crippen molar-refractivity contribution in [1.29, 1.82) is 0 Å². The van der Waals surface area contributed by atoms with E-state index in [2.05, 4.69) is 0 Å². The lowest BCUT2D eigenvalue weighted by Crippen LogP contribution is -2.62. The zero-order valence-electron chi connectivity index (χ0n) is 9.05. The molecule has 1 atom stereocenters. The smallest absolute Gasteiger partial charge is 0.375 e. The Bertz CT molecular complexity index is 340. The van der Waals surface area contributed by atoms with Gasteiger partial charge in [-0.1, -0.05) is 30.3 Å². The van der Waals surface area contributed by atoms with Gasteiger partial charge in [0, 0.05) is 0 Å². The van der Waals surface area contributed by atoms with Crippen molar-refractivity contribution in [3.8, 4) is 0 Å². The van der Waals surface area contributed by atoms with Crippen LogP contribution in [0.4, 0.5) is 13.2 Å². The first-order valence-corrected chi connectivity index (χ1v) is 4.74. The quantitative estimate of drug-likeness (QED) is 0.822. The highest BCUT2D eigenvalue weighted by molar-refractivity contribution is 5.28. The van der Waals surface area contributed by atoms with Gasteiger partial charge in [0.1, 0.15) is 0 Å². The van der Waals surface area contributed by atoms with Crippen LogP contribution in [-0.4, -0.2) is 16.8 Å². The van der Waals surface area contributed by atoms with Crippen LogP contribution < -0.4 is 5.73 Å². The van der Waals surface area contributed by atoms with E-state index in [4.69, 9.17) is 5.73 Å². The molecule has 5 heteroatoms. The molecule has 90 valence electrons. The van der Waals surface area contributed by atoms with Gasteiger partial charge in [0.25, 0.3) is 0 Å². The normalized spacial score (nSPS) is 16.9. The molecule has 0 saturated heterocycles. The minimum absolute atomic E-state index is 0.255. The van der Waals surface area contributed by atoms with Crippen molar-refractivity contribution in [3.63, 3.8) is 0 Å². The van der Waals surface area contributed by atoms with Gasteiger partial charge in [-0.3, -0.25) is 0 Å². The number of rotatable bonds is 2. The number of aliphatic hydroxyl groups is 1. The van der Waals surface area contributed by atoms with Crippen LogP contribution in [0.2, 0.25) is 0 Å². The second kappa shape index (κ2) is 3.75. The molecule has 0 amide bonds. The third-order valence-corrected chi connectivity index (χ3v) is 2.53. The monoisotopic (exact) mass is 233 g/mol. The highest BCUT2D eigenvalue weighted by Gasteiger charge is 2.62. The number of hydrogen-bond acceptors (Lipinski definition) is 2. The molecule has 1 aromatic rings. The van der Waals surface area contributed by atoms with Crippen molar-refractivity contribution in [1.82, 2.24) is 0 Å². The summed E-state index contributed by atoms with van der Waals surface area (Å²) in [5.74, 6) is 0. The first kappa shape index (κ1) is 13.0. The topological polar surface area (TPSA) is 46.2 Å². The van der Waals surface area contributed by atoms with Crippen molar-refractivity contribution in [2.45, 2.75) is 31.2 Å². The van der Waals surface area contributed by atoms with Gasteiger partial charge < -0.3 is 10.8 Å². The fraction of sp³-hybridized carbons (Fsp3) is 0.455. The van der Waals surface area contributed by atoms with Crippen molar-refractivity contribution < 1.29 is 18.3 Å². The first-order chi connectivity index (χ1) is 7.11. The van der Waals surface area contributed by atoms with Gasteiger partial charge in [-0.05, 0) is 19.4 Å². The zero-order valence-corrected chi connectivity index (χ0v) is 9.05. The lowest BCUT2D eigenvalue weighted by atomic mass is 9.77. The van der Waals surface area contributed by atoms with Gasteiger partial charge >= 0.3 is 6.18 Å². The molecule has 0 aliphatic heterocycles. The molecule has 0 spiro atoms. The number of hydrogen-bond donors (Lipinski definition) is 2. The van der Waals surface area contributed by atoms with Crippen molar-refractivity contribution >= 4 is 0 Å². The van der Waals surface area contributed by atoms with E-state index in [0.29, 0.717) is 0 Å². The molecule has 0 aliphatic rings. The van der Waals surface area contributed by atoms with E-state index in [1.54, 1.807) is 6.07 Å². The van der Waals surface area contributed by atoms with Crippen LogP contribution in [0.1, 0.15) is 19.4 Å². The molecule has 1 rings (SSSR count). The van der Waals surface area contributed by atoms with Crippen LogP contribution >= 0.6 is 0 Å². The second-order valence-corrected chi connectivity index (χ2v) is 4.30. The summed E-state index contributed by atoms with van der Waals surface area (Å²) >= 11 is 0. The summed E-state index contributed by atoms with van der Waals surface area (Å²) in [7, 11) is 0. The van der Waals surface area contributed by atoms with Crippen LogP contribution in [0.5, 0.6) is 0 Å². The minimum atomic E-state index is -4.83. The first-order valence-electron chi connectivity index (χ1n) is 4.74. The molecule has 2 nitrogen and oxygen atoms in total. The summed E-state index contributed by atoms with van der Waals surface area (Å²) in [4.78, 5) is 0. The molecule has 3 N–H and O–H groups in total. The third-order valence-electron chi connectivity index (χ3n) is 2.53. The van der Waals surface area contributed by atoms with Crippen molar-refractivity contribution in [2.75, 3.05) is 0 Å². The maximum atomic E-state index is 13.0. The summed E-state index contributed by atoms with van der Waals surface area (Å²) < 4.78 is 38.9. The van der Waals surface area contributed by atoms with Gasteiger partial charge in [-0.25, -0.2) is 0 Å². The van der Waals surface area contributed by atoms with E-state index in [9.17, 15) is 18.3 Å². The molecule has 0 bridgehead atoms. The lowest BCUT2D eigenvalue weighted by molar-refractivity contribution is -0.287. The van der Waals surface area contributed by atoms with Crippen LogP contribution in [0.25, 0.3) is 0 Å². The van der Waals surface area contributed by atoms with Gasteiger partial charge in [-0.15, -0.1) is 0 Å². The van der Waals surface area contributed by atoms with Gasteiger partial charge in [0.2, 0.25) is 5.60 Å². The molecule has 1 aromatic carbocycles. The largest absolute Gasteiger partial charge is 0.423 e. The van der Waals surface area contributed by atoms with Crippen LogP contribution in [0.15, 0.2) is 30.3 Å². The van der Waals surface area contributed by atoms with E-state index in [1.807, 2.05) is 0 Å². The average Bonchev–Trinajstić information content (AvgIpc) is 2.14. The maximum absolute atomic E-state index is 13.0. The molecule has 0 radical (unpaired) electrons. The van der Waals surface area contributed by atoms with Crippen molar-refractivity contribution in [3.05, 3.63) is 35.9 Å². The second-order valence-electron chi connectivity index (χ2n) is 4.30. The standard InChI is InChI=1S/C11H14F3NO/c1-9(2,15)10(16,11(12,13)14)8-6-4-3-5-7-8/h3-7,16H,15H2,1-2H3. The Labute approximate surface area is 91.9 Å². The third kappa shape index (κ3) is 1.92. The number of benzene rings is 1. The van der Waals surface area contributed by atoms with Crippen LogP contribution in [-0.2, 0) is 5.60 Å². The molecule has 0 aliphatic carbocycles. The molecule has 0 heterocycles. The predicted molar refractivity (Wildman–Crippen MR) is 54.7 cm³/mol. The molecular weight excluding hydrogens is 219 g/mol. The molecular formula is C11H14F3NO. The van der Waals surface area contributed by atoms with Crippen LogP contribution in [0.3, 0.4) is 0 Å². The van der Waals surface area contributed by atoms with E-state index >= 15 is 0 Å². The highest BCUT2D eigenvalue weighted by Crippen LogP contribution is 2.45.